The van der Waals surface area contributed by atoms with Crippen LogP contribution in [0, 0.1) is 0 Å². The van der Waals surface area contributed by atoms with Gasteiger partial charge in [-0.15, -0.1) is 0 Å². The molecule has 3 heteroatoms. The van der Waals surface area contributed by atoms with Crippen molar-refractivity contribution in [3.63, 3.8) is 0 Å². The molecule has 0 spiro atoms. The van der Waals surface area contributed by atoms with Crippen LogP contribution in [-0.2, 0) is 6.54 Å². The molecular weight excluding hydrogens is 258 g/mol. The number of hydrogen-bond acceptors (Lipinski definition) is 3. The molecular formula is C18H29N3. The van der Waals surface area contributed by atoms with Crippen LogP contribution in [0.25, 0.3) is 0 Å². The number of fused-ring (bicyclic) bond motifs is 2. The average molecular weight is 287 g/mol. The Kier molecular flexibility index (Phi) is 4.81. The van der Waals surface area contributed by atoms with Gasteiger partial charge in [-0.1, -0.05) is 19.1 Å². The van der Waals surface area contributed by atoms with Crippen molar-refractivity contribution in [1.82, 2.24) is 10.2 Å². The first kappa shape index (κ1) is 14.9. The van der Waals surface area contributed by atoms with Gasteiger partial charge in [0, 0.05) is 37.4 Å². The Hall–Kier alpha value is -1.06. The lowest BCUT2D eigenvalue weighted by molar-refractivity contribution is 0.254. The molecule has 2 fully saturated rings. The molecule has 0 radical (unpaired) electrons. The minimum absolute atomic E-state index is 0.753. The van der Waals surface area contributed by atoms with E-state index in [0.717, 1.165) is 25.2 Å². The lowest BCUT2D eigenvalue weighted by atomic mass is 10.1. The van der Waals surface area contributed by atoms with Crippen LogP contribution in [0.5, 0.6) is 0 Å². The molecule has 1 aromatic rings. The topological polar surface area (TPSA) is 18.5 Å². The number of hydrogen-bond donors (Lipinski definition) is 1. The Balaban J connectivity index is 1.61. The minimum atomic E-state index is 0.753. The average Bonchev–Trinajstić information content (AvgIpc) is 2.74. The zero-order valence-corrected chi connectivity index (χ0v) is 13.5. The molecule has 3 rings (SSSR count). The number of rotatable bonds is 5. The maximum absolute atomic E-state index is 3.47. The van der Waals surface area contributed by atoms with Gasteiger partial charge in [-0.05, 0) is 57.0 Å². The molecule has 3 nitrogen and oxygen atoms in total. The molecule has 0 saturated carbocycles. The van der Waals surface area contributed by atoms with Gasteiger partial charge in [0.15, 0.2) is 0 Å². The summed E-state index contributed by atoms with van der Waals surface area (Å²) >= 11 is 0. The lowest BCUT2D eigenvalue weighted by Gasteiger charge is -2.27. The van der Waals surface area contributed by atoms with Gasteiger partial charge in [-0.25, -0.2) is 0 Å². The second-order valence-electron chi connectivity index (χ2n) is 6.63. The quantitative estimate of drug-likeness (QED) is 0.840. The monoisotopic (exact) mass is 287 g/mol. The Morgan fingerprint density at radius 3 is 2.62 bits per heavy atom. The van der Waals surface area contributed by atoms with Gasteiger partial charge in [0.1, 0.15) is 0 Å². The number of anilines is 1. The van der Waals surface area contributed by atoms with E-state index < -0.39 is 0 Å². The molecule has 2 unspecified atom stereocenters. The van der Waals surface area contributed by atoms with Crippen LogP contribution < -0.4 is 10.2 Å². The van der Waals surface area contributed by atoms with Crippen LogP contribution in [0.2, 0.25) is 0 Å². The van der Waals surface area contributed by atoms with Gasteiger partial charge in [0.2, 0.25) is 0 Å². The predicted molar refractivity (Wildman–Crippen MR) is 89.8 cm³/mol. The number of nitrogens with zero attached hydrogens (tertiary/aromatic N) is 2. The summed E-state index contributed by atoms with van der Waals surface area (Å²) in [6.45, 7) is 6.70. The first-order valence-corrected chi connectivity index (χ1v) is 8.54. The first-order valence-electron chi connectivity index (χ1n) is 8.54. The summed E-state index contributed by atoms with van der Waals surface area (Å²) in [5, 5.41) is 3.47. The van der Waals surface area contributed by atoms with E-state index in [4.69, 9.17) is 0 Å². The molecule has 1 N–H and O–H groups in total. The largest absolute Gasteiger partial charge is 0.370 e. The third-order valence-corrected chi connectivity index (χ3v) is 5.21. The molecule has 1 aromatic carbocycles. The van der Waals surface area contributed by atoms with Crippen molar-refractivity contribution in [2.75, 3.05) is 31.6 Å². The zero-order valence-electron chi connectivity index (χ0n) is 13.5. The van der Waals surface area contributed by atoms with Crippen molar-refractivity contribution in [1.29, 1.82) is 0 Å². The molecule has 2 aliphatic heterocycles. The maximum atomic E-state index is 3.47. The first-order chi connectivity index (χ1) is 10.3. The van der Waals surface area contributed by atoms with Gasteiger partial charge in [-0.3, -0.25) is 4.90 Å². The highest BCUT2D eigenvalue weighted by molar-refractivity contribution is 5.48. The van der Waals surface area contributed by atoms with Crippen LogP contribution in [-0.4, -0.2) is 43.7 Å². The Morgan fingerprint density at radius 1 is 1.10 bits per heavy atom. The normalized spacial score (nSPS) is 26.1. The number of benzene rings is 1. The van der Waals surface area contributed by atoms with Crippen molar-refractivity contribution >= 4 is 5.69 Å². The SMILES string of the molecule is CCCNCc1ccc(N2CCC3CCC(C2)N3C)cc1. The summed E-state index contributed by atoms with van der Waals surface area (Å²) in [7, 11) is 2.31. The fourth-order valence-electron chi connectivity index (χ4n) is 3.78. The Morgan fingerprint density at radius 2 is 1.86 bits per heavy atom. The zero-order chi connectivity index (χ0) is 14.7. The van der Waals surface area contributed by atoms with E-state index in [2.05, 4.69) is 53.4 Å². The third kappa shape index (κ3) is 3.41. The lowest BCUT2D eigenvalue weighted by Crippen LogP contribution is -2.36. The second-order valence-corrected chi connectivity index (χ2v) is 6.63. The van der Waals surface area contributed by atoms with E-state index in [0.29, 0.717) is 0 Å². The molecule has 2 aliphatic rings. The fraction of sp³-hybridized carbons (Fsp3) is 0.667. The molecule has 2 atom stereocenters. The third-order valence-electron chi connectivity index (χ3n) is 5.21. The summed E-state index contributed by atoms with van der Waals surface area (Å²) in [6, 6.07) is 10.8. The van der Waals surface area contributed by atoms with E-state index in [9.17, 15) is 0 Å². The van der Waals surface area contributed by atoms with Gasteiger partial charge in [0.25, 0.3) is 0 Å². The second kappa shape index (κ2) is 6.80. The molecule has 2 saturated heterocycles. The standard InChI is InChI=1S/C18H29N3/c1-3-11-19-13-15-4-6-17(7-5-15)21-12-10-16-8-9-18(14-21)20(16)2/h4-7,16,18-19H,3,8-14H2,1-2H3. The fourth-order valence-corrected chi connectivity index (χ4v) is 3.78. The summed E-state index contributed by atoms with van der Waals surface area (Å²) < 4.78 is 0. The van der Waals surface area contributed by atoms with Crippen LogP contribution in [0.3, 0.4) is 0 Å². The number of likely N-dealkylation sites (N-methyl/N-ethyl adjacent to an activating group) is 1. The van der Waals surface area contributed by atoms with Crippen molar-refractivity contribution in [2.45, 2.75) is 51.2 Å². The molecule has 0 aliphatic carbocycles. The van der Waals surface area contributed by atoms with E-state index in [1.165, 1.54) is 50.0 Å². The molecule has 116 valence electrons. The van der Waals surface area contributed by atoms with Gasteiger partial charge >= 0.3 is 0 Å². The van der Waals surface area contributed by atoms with Crippen LogP contribution in [0.15, 0.2) is 24.3 Å². The van der Waals surface area contributed by atoms with Crippen LogP contribution in [0.1, 0.15) is 38.2 Å². The van der Waals surface area contributed by atoms with Gasteiger partial charge < -0.3 is 10.2 Å². The minimum Gasteiger partial charge on any atom is -0.370 e. The van der Waals surface area contributed by atoms with Crippen molar-refractivity contribution < 1.29 is 0 Å². The van der Waals surface area contributed by atoms with E-state index in [1.807, 2.05) is 0 Å². The highest BCUT2D eigenvalue weighted by Crippen LogP contribution is 2.30. The summed E-state index contributed by atoms with van der Waals surface area (Å²) in [5.74, 6) is 0. The van der Waals surface area contributed by atoms with Crippen molar-refractivity contribution in [3.8, 4) is 0 Å². The molecule has 21 heavy (non-hydrogen) atoms. The van der Waals surface area contributed by atoms with E-state index in [1.54, 1.807) is 0 Å². The molecule has 0 amide bonds. The van der Waals surface area contributed by atoms with Gasteiger partial charge in [0.05, 0.1) is 0 Å². The molecule has 2 heterocycles. The predicted octanol–water partition coefficient (Wildman–Crippen LogP) is 2.86. The van der Waals surface area contributed by atoms with E-state index in [-0.39, 0.29) is 0 Å². The smallest absolute Gasteiger partial charge is 0.0366 e. The van der Waals surface area contributed by atoms with Crippen LogP contribution in [0.4, 0.5) is 5.69 Å². The Labute approximate surface area is 129 Å². The highest BCUT2D eigenvalue weighted by Gasteiger charge is 2.34. The van der Waals surface area contributed by atoms with Crippen molar-refractivity contribution in [3.05, 3.63) is 29.8 Å². The summed E-state index contributed by atoms with van der Waals surface area (Å²) in [6.07, 6.45) is 5.28. The summed E-state index contributed by atoms with van der Waals surface area (Å²) in [4.78, 5) is 5.20. The Bertz CT molecular complexity index is 442. The van der Waals surface area contributed by atoms with Crippen molar-refractivity contribution in [2.24, 2.45) is 0 Å². The van der Waals surface area contributed by atoms with E-state index >= 15 is 0 Å². The maximum Gasteiger partial charge on any atom is 0.0366 e. The molecule has 0 aromatic heterocycles. The summed E-state index contributed by atoms with van der Waals surface area (Å²) in [5.41, 5.74) is 2.79. The number of nitrogens with one attached hydrogen (secondary N) is 1. The van der Waals surface area contributed by atoms with Crippen LogP contribution >= 0.6 is 0 Å². The highest BCUT2D eigenvalue weighted by atomic mass is 15.3. The van der Waals surface area contributed by atoms with Gasteiger partial charge in [-0.2, -0.15) is 0 Å². The molecule has 2 bridgehead atoms.